The third-order valence-corrected chi connectivity index (χ3v) is 3.00. The van der Waals surface area contributed by atoms with E-state index in [1.165, 1.54) is 19.1 Å². The number of carbonyl (C=O) groups excluding carboxylic acids is 1. The largest absolute Gasteiger partial charge is 0.508 e. The molecule has 88 valence electrons. The molecule has 0 fully saturated rings. The van der Waals surface area contributed by atoms with E-state index in [2.05, 4.69) is 0 Å². The van der Waals surface area contributed by atoms with Crippen LogP contribution in [-0.4, -0.2) is 21.6 Å². The van der Waals surface area contributed by atoms with Gasteiger partial charge in [-0.3, -0.25) is 4.79 Å². The molecule has 0 aliphatic heterocycles. The van der Waals surface area contributed by atoms with E-state index in [1.54, 1.807) is 0 Å². The van der Waals surface area contributed by atoms with E-state index in [-0.39, 0.29) is 18.0 Å². The summed E-state index contributed by atoms with van der Waals surface area (Å²) in [6.07, 6.45) is 2.83. The average Bonchev–Trinajstić information content (AvgIpc) is 2.33. The van der Waals surface area contributed by atoms with Gasteiger partial charge in [-0.2, -0.15) is 0 Å². The van der Waals surface area contributed by atoms with Crippen molar-refractivity contribution < 1.29 is 15.0 Å². The zero-order chi connectivity index (χ0) is 12.5. The van der Waals surface area contributed by atoms with Crippen molar-refractivity contribution in [3.63, 3.8) is 0 Å². The molecule has 0 bridgehead atoms. The molecule has 1 aliphatic carbocycles. The maximum Gasteiger partial charge on any atom is 0.165 e. The third-order valence-electron chi connectivity index (χ3n) is 3.00. The first-order valence-corrected chi connectivity index (χ1v) is 5.43. The summed E-state index contributed by atoms with van der Waals surface area (Å²) in [4.78, 5) is 11.4. The number of carbonyl (C=O) groups is 1. The number of Topliss-reactive ketones (excluding diaryl/α,β-unsaturated/α-hetero) is 1. The molecule has 3 heteroatoms. The highest BCUT2D eigenvalue weighted by Crippen LogP contribution is 2.33. The Balaban J connectivity index is 2.41. The van der Waals surface area contributed by atoms with Gasteiger partial charge in [0, 0.05) is 12.0 Å². The van der Waals surface area contributed by atoms with Crippen molar-refractivity contribution >= 4 is 11.4 Å². The van der Waals surface area contributed by atoms with E-state index in [0.29, 0.717) is 5.57 Å². The van der Waals surface area contributed by atoms with E-state index >= 15 is 0 Å². The fourth-order valence-electron chi connectivity index (χ4n) is 1.87. The average molecular weight is 230 g/mol. The molecule has 1 unspecified atom stereocenters. The van der Waals surface area contributed by atoms with Gasteiger partial charge in [-0.15, -0.1) is 0 Å². The third kappa shape index (κ3) is 2.15. The SMILES string of the molecule is CC(=O)C1(O)C=CC(O)=C(c2ccccc2)C1. The molecule has 17 heavy (non-hydrogen) atoms. The van der Waals surface area contributed by atoms with Crippen molar-refractivity contribution in [2.75, 3.05) is 0 Å². The molecule has 0 amide bonds. The number of aliphatic hydroxyl groups excluding tert-OH is 1. The molecule has 0 saturated carbocycles. The second kappa shape index (κ2) is 4.18. The molecule has 0 aromatic heterocycles. The Kier molecular flexibility index (Phi) is 2.86. The molecule has 1 atom stereocenters. The lowest BCUT2D eigenvalue weighted by atomic mass is 9.83. The van der Waals surface area contributed by atoms with Crippen LogP contribution in [-0.2, 0) is 4.79 Å². The maximum absolute atomic E-state index is 11.4. The van der Waals surface area contributed by atoms with Crippen molar-refractivity contribution in [1.82, 2.24) is 0 Å². The van der Waals surface area contributed by atoms with E-state index in [1.807, 2.05) is 30.3 Å². The fraction of sp³-hybridized carbons (Fsp3) is 0.214. The molecule has 0 radical (unpaired) electrons. The van der Waals surface area contributed by atoms with Gasteiger partial charge in [0.15, 0.2) is 5.78 Å². The Morgan fingerprint density at radius 3 is 2.53 bits per heavy atom. The van der Waals surface area contributed by atoms with Crippen molar-refractivity contribution in [1.29, 1.82) is 0 Å². The van der Waals surface area contributed by atoms with Gasteiger partial charge in [0.1, 0.15) is 11.4 Å². The van der Waals surface area contributed by atoms with Gasteiger partial charge in [-0.05, 0) is 24.6 Å². The summed E-state index contributed by atoms with van der Waals surface area (Å²) in [5.74, 6) is -0.225. The van der Waals surface area contributed by atoms with Crippen LogP contribution in [0.3, 0.4) is 0 Å². The zero-order valence-electron chi connectivity index (χ0n) is 9.55. The van der Waals surface area contributed by atoms with Crippen LogP contribution in [0.4, 0.5) is 0 Å². The van der Waals surface area contributed by atoms with E-state index in [0.717, 1.165) is 5.56 Å². The fourth-order valence-corrected chi connectivity index (χ4v) is 1.87. The molecule has 1 aromatic rings. The van der Waals surface area contributed by atoms with Crippen LogP contribution in [0, 0.1) is 0 Å². The lowest BCUT2D eigenvalue weighted by molar-refractivity contribution is -0.130. The van der Waals surface area contributed by atoms with Crippen molar-refractivity contribution in [3.8, 4) is 0 Å². The summed E-state index contributed by atoms with van der Waals surface area (Å²) in [6.45, 7) is 1.34. The monoisotopic (exact) mass is 230 g/mol. The first-order chi connectivity index (χ1) is 8.03. The predicted octanol–water partition coefficient (Wildman–Crippen LogP) is 2.24. The Hall–Kier alpha value is -1.87. The summed E-state index contributed by atoms with van der Waals surface area (Å²) in [5.41, 5.74) is -0.1000. The Bertz CT molecular complexity index is 499. The summed E-state index contributed by atoms with van der Waals surface area (Å²) in [6, 6.07) is 9.25. The summed E-state index contributed by atoms with van der Waals surface area (Å²) < 4.78 is 0. The summed E-state index contributed by atoms with van der Waals surface area (Å²) >= 11 is 0. The highest BCUT2D eigenvalue weighted by molar-refractivity contribution is 5.91. The molecule has 2 N–H and O–H groups in total. The van der Waals surface area contributed by atoms with Crippen LogP contribution < -0.4 is 0 Å². The molecule has 0 spiro atoms. The minimum absolute atomic E-state index is 0.0992. The standard InChI is InChI=1S/C14H14O3/c1-10(15)14(17)8-7-13(16)12(9-14)11-5-3-2-4-6-11/h2-8,16-17H,9H2,1H3. The van der Waals surface area contributed by atoms with Gasteiger partial charge in [-0.25, -0.2) is 0 Å². The Morgan fingerprint density at radius 1 is 1.29 bits per heavy atom. The topological polar surface area (TPSA) is 57.5 Å². The van der Waals surface area contributed by atoms with Crippen LogP contribution in [0.2, 0.25) is 0 Å². The number of allylic oxidation sites excluding steroid dienone is 1. The smallest absolute Gasteiger partial charge is 0.165 e. The highest BCUT2D eigenvalue weighted by atomic mass is 16.3. The van der Waals surface area contributed by atoms with Crippen LogP contribution in [0.1, 0.15) is 18.9 Å². The second-order valence-corrected chi connectivity index (χ2v) is 4.22. The highest BCUT2D eigenvalue weighted by Gasteiger charge is 2.34. The van der Waals surface area contributed by atoms with Crippen LogP contribution in [0.25, 0.3) is 5.57 Å². The normalized spacial score (nSPS) is 23.9. The minimum atomic E-state index is -1.50. The van der Waals surface area contributed by atoms with Crippen LogP contribution in [0.15, 0.2) is 48.2 Å². The molecule has 3 nitrogen and oxygen atoms in total. The van der Waals surface area contributed by atoms with Gasteiger partial charge in [0.2, 0.25) is 0 Å². The number of hydrogen-bond acceptors (Lipinski definition) is 3. The molecule has 2 rings (SSSR count). The first-order valence-electron chi connectivity index (χ1n) is 5.43. The number of benzene rings is 1. The number of ketones is 1. The van der Waals surface area contributed by atoms with Gasteiger partial charge in [-0.1, -0.05) is 30.3 Å². The molecule has 1 aliphatic rings. The minimum Gasteiger partial charge on any atom is -0.508 e. The number of hydrogen-bond donors (Lipinski definition) is 2. The van der Waals surface area contributed by atoms with Crippen LogP contribution >= 0.6 is 0 Å². The summed E-state index contributed by atoms with van der Waals surface area (Å²) in [5, 5.41) is 19.9. The van der Waals surface area contributed by atoms with Gasteiger partial charge in [0.25, 0.3) is 0 Å². The molecule has 0 heterocycles. The summed E-state index contributed by atoms with van der Waals surface area (Å²) in [7, 11) is 0. The first kappa shape index (κ1) is 11.6. The van der Waals surface area contributed by atoms with Gasteiger partial charge < -0.3 is 10.2 Å². The molecule has 0 saturated heterocycles. The van der Waals surface area contributed by atoms with Crippen LogP contribution in [0.5, 0.6) is 0 Å². The van der Waals surface area contributed by atoms with E-state index in [9.17, 15) is 15.0 Å². The molecular weight excluding hydrogens is 216 g/mol. The second-order valence-electron chi connectivity index (χ2n) is 4.22. The molecular formula is C14H14O3. The quantitative estimate of drug-likeness (QED) is 0.819. The van der Waals surface area contributed by atoms with E-state index < -0.39 is 5.60 Å². The lowest BCUT2D eigenvalue weighted by Gasteiger charge is -2.26. The lowest BCUT2D eigenvalue weighted by Crippen LogP contribution is -2.36. The maximum atomic E-state index is 11.4. The van der Waals surface area contributed by atoms with Crippen molar-refractivity contribution in [2.24, 2.45) is 0 Å². The van der Waals surface area contributed by atoms with Gasteiger partial charge in [0.05, 0.1) is 0 Å². The molecule has 1 aromatic carbocycles. The van der Waals surface area contributed by atoms with Gasteiger partial charge >= 0.3 is 0 Å². The van der Waals surface area contributed by atoms with Crippen molar-refractivity contribution in [2.45, 2.75) is 18.9 Å². The Labute approximate surface area is 99.7 Å². The number of rotatable bonds is 2. The van der Waals surface area contributed by atoms with E-state index in [4.69, 9.17) is 0 Å². The van der Waals surface area contributed by atoms with Crippen molar-refractivity contribution in [3.05, 3.63) is 53.8 Å². The predicted molar refractivity (Wildman–Crippen MR) is 65.4 cm³/mol. The zero-order valence-corrected chi connectivity index (χ0v) is 9.55. The number of aliphatic hydroxyl groups is 2. The Morgan fingerprint density at radius 2 is 1.94 bits per heavy atom.